The van der Waals surface area contributed by atoms with Gasteiger partial charge in [0.05, 0.1) is 16.7 Å². The third kappa shape index (κ3) is 3.60. The zero-order chi connectivity index (χ0) is 28.3. The highest BCUT2D eigenvalue weighted by Gasteiger charge is 2.20. The molecule has 0 aliphatic rings. The molecule has 4 aromatic heterocycles. The fourth-order valence-electron chi connectivity index (χ4n) is 6.63. The first-order chi connectivity index (χ1) is 21.3. The Hall–Kier alpha value is -5.87. The van der Waals surface area contributed by atoms with Crippen LogP contribution in [0.1, 0.15) is 0 Å². The number of fused-ring (bicyclic) bond motifs is 7. The van der Waals surface area contributed by atoms with Crippen molar-refractivity contribution in [3.05, 3.63) is 146 Å². The summed E-state index contributed by atoms with van der Waals surface area (Å²) >= 11 is 0. The molecule has 4 nitrogen and oxygen atoms in total. The van der Waals surface area contributed by atoms with Gasteiger partial charge >= 0.3 is 0 Å². The van der Waals surface area contributed by atoms with Crippen molar-refractivity contribution < 1.29 is 0 Å². The van der Waals surface area contributed by atoms with Gasteiger partial charge in [-0.2, -0.15) is 0 Å². The second kappa shape index (κ2) is 9.33. The highest BCUT2D eigenvalue weighted by atomic mass is 15.0. The maximum atomic E-state index is 5.24. The summed E-state index contributed by atoms with van der Waals surface area (Å²) in [4.78, 5) is 14.7. The summed E-state index contributed by atoms with van der Waals surface area (Å²) < 4.78 is 2.16. The van der Waals surface area contributed by atoms with E-state index in [2.05, 4.69) is 125 Å². The predicted molar refractivity (Wildman–Crippen MR) is 177 cm³/mol. The number of pyridine rings is 3. The zero-order valence-electron chi connectivity index (χ0n) is 23.1. The molecule has 4 heterocycles. The maximum Gasteiger partial charge on any atom is 0.137 e. The van der Waals surface area contributed by atoms with Gasteiger partial charge in [0.2, 0.25) is 0 Å². The molecule has 9 rings (SSSR count). The Morgan fingerprint density at radius 2 is 1.09 bits per heavy atom. The van der Waals surface area contributed by atoms with Crippen LogP contribution in [0.4, 0.5) is 0 Å². The first kappa shape index (κ1) is 23.8. The molecule has 0 aliphatic carbocycles. The number of hydrogen-bond donors (Lipinski definition) is 0. The van der Waals surface area contributed by atoms with Crippen molar-refractivity contribution in [3.63, 3.8) is 0 Å². The number of benzene rings is 5. The molecule has 0 unspecified atom stereocenters. The maximum absolute atomic E-state index is 5.24. The highest BCUT2D eigenvalue weighted by molar-refractivity contribution is 6.22. The van der Waals surface area contributed by atoms with Gasteiger partial charge in [0, 0.05) is 29.5 Å². The van der Waals surface area contributed by atoms with Gasteiger partial charge in [0.25, 0.3) is 0 Å². The van der Waals surface area contributed by atoms with Crippen LogP contribution in [0.2, 0.25) is 0 Å². The minimum atomic E-state index is 0.909. The summed E-state index contributed by atoms with van der Waals surface area (Å²) in [5.41, 5.74) is 10.6. The van der Waals surface area contributed by atoms with Crippen LogP contribution in [0, 0.1) is 0 Å². The largest absolute Gasteiger partial charge is 0.298 e. The van der Waals surface area contributed by atoms with Gasteiger partial charge in [-0.15, -0.1) is 0 Å². The molecule has 0 amide bonds. The minimum Gasteiger partial charge on any atom is -0.298 e. The molecule has 0 saturated heterocycles. The molecule has 0 N–H and O–H groups in total. The summed E-state index contributed by atoms with van der Waals surface area (Å²) in [5, 5.41) is 5.91. The van der Waals surface area contributed by atoms with Crippen molar-refractivity contribution in [2.75, 3.05) is 0 Å². The predicted octanol–water partition coefficient (Wildman–Crippen LogP) is 9.74. The van der Waals surface area contributed by atoms with E-state index in [1.807, 2.05) is 30.6 Å². The monoisotopic (exact) mass is 548 g/mol. The molecule has 0 aliphatic heterocycles. The molecular formula is C39H24N4. The molecule has 200 valence electrons. The van der Waals surface area contributed by atoms with Crippen LogP contribution in [-0.2, 0) is 0 Å². The van der Waals surface area contributed by atoms with E-state index in [-0.39, 0.29) is 0 Å². The fraction of sp³-hybridized carbons (Fsp3) is 0. The van der Waals surface area contributed by atoms with E-state index in [1.54, 1.807) is 0 Å². The fourth-order valence-corrected chi connectivity index (χ4v) is 6.63. The number of imidazole rings is 1. The summed E-state index contributed by atoms with van der Waals surface area (Å²) in [6, 6.07) is 44.8. The van der Waals surface area contributed by atoms with Crippen LogP contribution in [0.25, 0.3) is 82.6 Å². The van der Waals surface area contributed by atoms with Gasteiger partial charge < -0.3 is 0 Å². The van der Waals surface area contributed by atoms with Crippen LogP contribution >= 0.6 is 0 Å². The Bertz CT molecular complexity index is 2440. The highest BCUT2D eigenvalue weighted by Crippen LogP contribution is 2.44. The van der Waals surface area contributed by atoms with Gasteiger partial charge in [-0.25, -0.2) is 9.97 Å². The summed E-state index contributed by atoms with van der Waals surface area (Å²) in [5.74, 6) is 0. The van der Waals surface area contributed by atoms with Crippen LogP contribution in [-0.4, -0.2) is 19.4 Å². The molecule has 0 saturated carbocycles. The van der Waals surface area contributed by atoms with E-state index >= 15 is 0 Å². The van der Waals surface area contributed by atoms with Gasteiger partial charge in [-0.05, 0) is 80.2 Å². The van der Waals surface area contributed by atoms with Crippen molar-refractivity contribution in [2.45, 2.75) is 0 Å². The van der Waals surface area contributed by atoms with Crippen molar-refractivity contribution in [1.82, 2.24) is 19.4 Å². The van der Waals surface area contributed by atoms with E-state index in [0.29, 0.717) is 0 Å². The lowest BCUT2D eigenvalue weighted by Crippen LogP contribution is -1.93. The molecule has 0 fully saturated rings. The SMILES string of the molecule is c1ccc(-c2nc3ccc(-c4c5ccccc5c(-c5ccncc5)c5ccccc45)cc3c3nc4ccccn4c23)cc1. The topological polar surface area (TPSA) is 43.1 Å². The van der Waals surface area contributed by atoms with Crippen LogP contribution in [0.3, 0.4) is 0 Å². The van der Waals surface area contributed by atoms with Gasteiger partial charge in [0.15, 0.2) is 0 Å². The number of hydrogen-bond acceptors (Lipinski definition) is 3. The molecule has 0 atom stereocenters. The van der Waals surface area contributed by atoms with Gasteiger partial charge in [-0.1, -0.05) is 91.0 Å². The summed E-state index contributed by atoms with van der Waals surface area (Å²) in [6.07, 6.45) is 5.81. The second-order valence-corrected chi connectivity index (χ2v) is 10.9. The first-order valence-electron chi connectivity index (χ1n) is 14.5. The third-order valence-electron chi connectivity index (χ3n) is 8.47. The van der Waals surface area contributed by atoms with Crippen LogP contribution in [0.5, 0.6) is 0 Å². The van der Waals surface area contributed by atoms with Crippen molar-refractivity contribution in [2.24, 2.45) is 0 Å². The molecule has 0 spiro atoms. The van der Waals surface area contributed by atoms with Crippen molar-refractivity contribution in [3.8, 4) is 33.5 Å². The Morgan fingerprint density at radius 1 is 0.465 bits per heavy atom. The standard InChI is InChI=1S/C39H24N4/c1-2-10-26(11-3-1)37-39-38(42-34-16-8-9-23-43(34)39)32-24-27(17-18-33(32)41-37)36-30-14-6-4-12-28(30)35(25-19-21-40-22-20-25)29-13-5-7-15-31(29)36/h1-24H. The molecule has 0 radical (unpaired) electrons. The Morgan fingerprint density at radius 3 is 1.79 bits per heavy atom. The molecular weight excluding hydrogens is 524 g/mol. The van der Waals surface area contributed by atoms with Crippen molar-refractivity contribution >= 4 is 49.1 Å². The lowest BCUT2D eigenvalue weighted by Gasteiger charge is -2.18. The van der Waals surface area contributed by atoms with Gasteiger partial charge in [-0.3, -0.25) is 9.38 Å². The average Bonchev–Trinajstić information content (AvgIpc) is 3.47. The molecule has 5 aromatic carbocycles. The summed E-state index contributed by atoms with van der Waals surface area (Å²) in [6.45, 7) is 0. The Balaban J connectivity index is 1.40. The molecule has 0 bridgehead atoms. The van der Waals surface area contributed by atoms with Crippen LogP contribution < -0.4 is 0 Å². The van der Waals surface area contributed by atoms with E-state index in [0.717, 1.165) is 50.0 Å². The number of aromatic nitrogens is 4. The second-order valence-electron chi connectivity index (χ2n) is 10.9. The molecule has 43 heavy (non-hydrogen) atoms. The molecule has 4 heteroatoms. The normalized spacial score (nSPS) is 11.7. The van der Waals surface area contributed by atoms with E-state index in [9.17, 15) is 0 Å². The van der Waals surface area contributed by atoms with Crippen molar-refractivity contribution in [1.29, 1.82) is 0 Å². The lowest BCUT2D eigenvalue weighted by molar-refractivity contribution is 1.22. The summed E-state index contributed by atoms with van der Waals surface area (Å²) in [7, 11) is 0. The van der Waals surface area contributed by atoms with E-state index in [1.165, 1.54) is 32.7 Å². The quantitative estimate of drug-likeness (QED) is 0.206. The van der Waals surface area contributed by atoms with E-state index < -0.39 is 0 Å². The molecule has 9 aromatic rings. The Labute approximate surface area is 247 Å². The average molecular weight is 549 g/mol. The van der Waals surface area contributed by atoms with E-state index in [4.69, 9.17) is 9.97 Å². The number of nitrogens with zero attached hydrogens (tertiary/aromatic N) is 4. The number of rotatable bonds is 3. The Kier molecular flexibility index (Phi) is 5.16. The first-order valence-corrected chi connectivity index (χ1v) is 14.5. The lowest BCUT2D eigenvalue weighted by atomic mass is 9.86. The van der Waals surface area contributed by atoms with Gasteiger partial charge in [0.1, 0.15) is 11.2 Å². The third-order valence-corrected chi connectivity index (χ3v) is 8.47. The zero-order valence-corrected chi connectivity index (χ0v) is 23.1. The van der Waals surface area contributed by atoms with Crippen LogP contribution in [0.15, 0.2) is 146 Å². The minimum absolute atomic E-state index is 0.909. The smallest absolute Gasteiger partial charge is 0.137 e.